The number of sulfonamides is 1. The van der Waals surface area contributed by atoms with E-state index in [4.69, 9.17) is 16.0 Å². The topological polar surface area (TPSA) is 81.3 Å². The number of hydrogen-bond donors (Lipinski definition) is 1. The van der Waals surface area contributed by atoms with E-state index >= 15 is 0 Å². The number of halogens is 2. The quantitative estimate of drug-likeness (QED) is 0.768. The molecule has 2 aromatic carbocycles. The van der Waals surface area contributed by atoms with Gasteiger partial charge in [0.15, 0.2) is 5.58 Å². The van der Waals surface area contributed by atoms with Crippen molar-refractivity contribution in [2.24, 2.45) is 7.05 Å². The minimum absolute atomic E-state index is 0.0812. The minimum atomic E-state index is -3.96. The number of aryl methyl sites for hydroxylation is 2. The summed E-state index contributed by atoms with van der Waals surface area (Å²) >= 11 is 5.65. The van der Waals surface area contributed by atoms with Crippen LogP contribution in [-0.2, 0) is 17.1 Å². The second-order valence-corrected chi connectivity index (χ2v) is 7.34. The number of aromatic nitrogens is 1. The molecule has 1 heterocycles. The smallest absolute Gasteiger partial charge is 0.408 e. The molecule has 3 rings (SSSR count). The van der Waals surface area contributed by atoms with Crippen LogP contribution in [0.3, 0.4) is 0 Å². The second kappa shape index (κ2) is 5.64. The van der Waals surface area contributed by atoms with Crippen LogP contribution in [0.2, 0.25) is 5.02 Å². The lowest BCUT2D eigenvalue weighted by Gasteiger charge is -2.10. The third-order valence-corrected chi connectivity index (χ3v) is 5.18. The summed E-state index contributed by atoms with van der Waals surface area (Å²) in [5.74, 6) is -1.23. The largest absolute Gasteiger partial charge is 0.419 e. The van der Waals surface area contributed by atoms with Crippen LogP contribution >= 0.6 is 11.6 Å². The zero-order chi connectivity index (χ0) is 17.6. The molecule has 9 heteroatoms. The maximum atomic E-state index is 13.2. The molecule has 0 aliphatic heterocycles. The monoisotopic (exact) mass is 370 g/mol. The van der Waals surface area contributed by atoms with Crippen LogP contribution in [0, 0.1) is 12.7 Å². The third kappa shape index (κ3) is 2.78. The summed E-state index contributed by atoms with van der Waals surface area (Å²) in [6.45, 7) is 1.67. The van der Waals surface area contributed by atoms with Gasteiger partial charge >= 0.3 is 5.76 Å². The summed E-state index contributed by atoms with van der Waals surface area (Å²) < 4.78 is 46.8. The zero-order valence-electron chi connectivity index (χ0n) is 12.6. The molecule has 0 amide bonds. The van der Waals surface area contributed by atoms with Gasteiger partial charge in [-0.3, -0.25) is 9.29 Å². The number of nitrogens with one attached hydrogen (secondary N) is 1. The van der Waals surface area contributed by atoms with E-state index in [1.807, 2.05) is 0 Å². The van der Waals surface area contributed by atoms with Crippen molar-refractivity contribution >= 4 is 38.4 Å². The van der Waals surface area contributed by atoms with Crippen molar-refractivity contribution in [3.8, 4) is 0 Å². The molecule has 0 fully saturated rings. The average Bonchev–Trinajstić information content (AvgIpc) is 2.78. The second-order valence-electron chi connectivity index (χ2n) is 5.25. The molecule has 0 bridgehead atoms. The molecule has 0 unspecified atom stereocenters. The highest BCUT2D eigenvalue weighted by atomic mass is 35.5. The Hall–Kier alpha value is -2.32. The van der Waals surface area contributed by atoms with Crippen LogP contribution in [0.15, 0.2) is 44.4 Å². The van der Waals surface area contributed by atoms with Crippen molar-refractivity contribution in [2.45, 2.75) is 11.8 Å². The Morgan fingerprint density at radius 1 is 1.25 bits per heavy atom. The number of anilines is 1. The van der Waals surface area contributed by atoms with E-state index in [1.54, 1.807) is 6.92 Å². The number of benzene rings is 2. The Kier molecular flexibility index (Phi) is 3.89. The van der Waals surface area contributed by atoms with Gasteiger partial charge in [-0.15, -0.1) is 0 Å². The van der Waals surface area contributed by atoms with Gasteiger partial charge in [0.05, 0.1) is 21.1 Å². The van der Waals surface area contributed by atoms with Gasteiger partial charge in [0.25, 0.3) is 10.0 Å². The molecule has 126 valence electrons. The van der Waals surface area contributed by atoms with Gasteiger partial charge in [0.2, 0.25) is 0 Å². The van der Waals surface area contributed by atoms with Crippen LogP contribution in [0.25, 0.3) is 11.1 Å². The SMILES string of the molecule is Cc1cc(S(=O)(=O)Nc2ccc(F)c(Cl)c2)cc2oc(=O)n(C)c12. The summed E-state index contributed by atoms with van der Waals surface area (Å²) in [7, 11) is -2.43. The van der Waals surface area contributed by atoms with Crippen molar-refractivity contribution in [1.29, 1.82) is 0 Å². The first-order valence-electron chi connectivity index (χ1n) is 6.77. The Bertz CT molecular complexity index is 1120. The molecule has 0 atom stereocenters. The fraction of sp³-hybridized carbons (Fsp3) is 0.133. The van der Waals surface area contributed by atoms with E-state index in [9.17, 15) is 17.6 Å². The zero-order valence-corrected chi connectivity index (χ0v) is 14.2. The predicted molar refractivity (Wildman–Crippen MR) is 88.4 cm³/mol. The standard InChI is InChI=1S/C15H12ClFN2O4S/c1-8-5-10(7-13-14(8)19(2)15(20)23-13)24(21,22)18-9-3-4-12(17)11(16)6-9/h3-7,18H,1-2H3. The number of nitrogens with zero attached hydrogens (tertiary/aromatic N) is 1. The first kappa shape index (κ1) is 16.5. The van der Waals surface area contributed by atoms with Gasteiger partial charge in [0.1, 0.15) is 5.82 Å². The van der Waals surface area contributed by atoms with E-state index in [0.717, 1.165) is 6.07 Å². The van der Waals surface area contributed by atoms with Crippen LogP contribution in [0.4, 0.5) is 10.1 Å². The molecule has 0 saturated carbocycles. The van der Waals surface area contributed by atoms with Gasteiger partial charge in [-0.2, -0.15) is 0 Å². The van der Waals surface area contributed by atoms with Crippen LogP contribution in [0.5, 0.6) is 0 Å². The molecule has 0 radical (unpaired) electrons. The maximum Gasteiger partial charge on any atom is 0.419 e. The molecular formula is C15H12ClFN2O4S. The summed E-state index contributed by atoms with van der Waals surface area (Å²) in [5, 5.41) is -0.198. The van der Waals surface area contributed by atoms with E-state index < -0.39 is 21.6 Å². The van der Waals surface area contributed by atoms with Gasteiger partial charge in [-0.25, -0.2) is 17.6 Å². The van der Waals surface area contributed by atoms with Gasteiger partial charge in [-0.1, -0.05) is 11.6 Å². The minimum Gasteiger partial charge on any atom is -0.408 e. The molecule has 0 saturated heterocycles. The first-order chi connectivity index (χ1) is 11.2. The average molecular weight is 371 g/mol. The molecule has 0 spiro atoms. The Morgan fingerprint density at radius 2 is 1.96 bits per heavy atom. The highest BCUT2D eigenvalue weighted by Gasteiger charge is 2.19. The van der Waals surface area contributed by atoms with Crippen LogP contribution in [-0.4, -0.2) is 13.0 Å². The number of oxazole rings is 1. The molecule has 3 aromatic rings. The molecule has 0 aliphatic carbocycles. The molecule has 6 nitrogen and oxygen atoms in total. The number of fused-ring (bicyclic) bond motifs is 1. The van der Waals surface area contributed by atoms with Crippen molar-refractivity contribution in [3.05, 3.63) is 57.3 Å². The fourth-order valence-electron chi connectivity index (χ4n) is 2.41. The Labute approximate surface area is 141 Å². The summed E-state index contributed by atoms with van der Waals surface area (Å²) in [5.41, 5.74) is 1.37. The summed E-state index contributed by atoms with van der Waals surface area (Å²) in [6.07, 6.45) is 0. The van der Waals surface area contributed by atoms with Gasteiger partial charge in [0, 0.05) is 13.1 Å². The van der Waals surface area contributed by atoms with Crippen LogP contribution in [0.1, 0.15) is 5.56 Å². The normalized spacial score (nSPS) is 11.8. The predicted octanol–water partition coefficient (Wildman–Crippen LogP) is 3.03. The molecule has 24 heavy (non-hydrogen) atoms. The van der Waals surface area contributed by atoms with Gasteiger partial charge < -0.3 is 4.42 Å². The third-order valence-electron chi connectivity index (χ3n) is 3.53. The lowest BCUT2D eigenvalue weighted by Crippen LogP contribution is -2.13. The van der Waals surface area contributed by atoms with Gasteiger partial charge in [-0.05, 0) is 36.8 Å². The van der Waals surface area contributed by atoms with E-state index in [2.05, 4.69) is 4.72 Å². The van der Waals surface area contributed by atoms with Crippen molar-refractivity contribution in [1.82, 2.24) is 4.57 Å². The lowest BCUT2D eigenvalue weighted by atomic mass is 10.2. The van der Waals surface area contributed by atoms with Crippen molar-refractivity contribution < 1.29 is 17.2 Å². The highest BCUT2D eigenvalue weighted by Crippen LogP contribution is 2.25. The van der Waals surface area contributed by atoms with E-state index in [1.165, 1.54) is 35.9 Å². The van der Waals surface area contributed by atoms with Crippen molar-refractivity contribution in [3.63, 3.8) is 0 Å². The fourth-order valence-corrected chi connectivity index (χ4v) is 3.74. The van der Waals surface area contributed by atoms with Crippen LogP contribution < -0.4 is 10.5 Å². The molecular weight excluding hydrogens is 359 g/mol. The maximum absolute atomic E-state index is 13.2. The Balaban J connectivity index is 2.08. The molecule has 1 N–H and O–H groups in total. The lowest BCUT2D eigenvalue weighted by molar-refractivity contribution is 0.527. The van der Waals surface area contributed by atoms with E-state index in [-0.39, 0.29) is 21.2 Å². The Morgan fingerprint density at radius 3 is 2.62 bits per heavy atom. The van der Waals surface area contributed by atoms with E-state index in [0.29, 0.717) is 11.1 Å². The molecule has 1 aromatic heterocycles. The van der Waals surface area contributed by atoms with Crippen molar-refractivity contribution in [2.75, 3.05) is 4.72 Å². The number of rotatable bonds is 3. The molecule has 0 aliphatic rings. The highest BCUT2D eigenvalue weighted by molar-refractivity contribution is 7.92. The summed E-state index contributed by atoms with van der Waals surface area (Å²) in [6, 6.07) is 6.17. The number of hydrogen-bond acceptors (Lipinski definition) is 4. The summed E-state index contributed by atoms with van der Waals surface area (Å²) in [4.78, 5) is 11.5. The first-order valence-corrected chi connectivity index (χ1v) is 8.63.